The molecule has 2 saturated heterocycles. The highest BCUT2D eigenvalue weighted by Gasteiger charge is 2.51. The third-order valence-corrected chi connectivity index (χ3v) is 8.14. The number of amidine groups is 1. The molecule has 0 spiro atoms. The molecule has 12 nitrogen and oxygen atoms in total. The van der Waals surface area contributed by atoms with Crippen molar-refractivity contribution in [2.24, 2.45) is 22.2 Å². The highest BCUT2D eigenvalue weighted by atomic mass is 16.6. The summed E-state index contributed by atoms with van der Waals surface area (Å²) < 4.78 is 12.0. The Morgan fingerprint density at radius 2 is 1.90 bits per heavy atom. The van der Waals surface area contributed by atoms with Crippen LogP contribution in [0.5, 0.6) is 0 Å². The molecule has 4 rings (SSSR count). The van der Waals surface area contributed by atoms with Crippen LogP contribution in [0.3, 0.4) is 0 Å². The zero-order valence-electron chi connectivity index (χ0n) is 24.1. The number of fused-ring (bicyclic) bond motifs is 4. The lowest BCUT2D eigenvalue weighted by Gasteiger charge is -2.35. The first-order valence-corrected chi connectivity index (χ1v) is 14.3. The van der Waals surface area contributed by atoms with Crippen LogP contribution >= 0.6 is 0 Å². The number of rotatable bonds is 3. The van der Waals surface area contributed by atoms with Crippen LogP contribution in [-0.2, 0) is 19.1 Å². The number of urea groups is 1. The van der Waals surface area contributed by atoms with Crippen molar-refractivity contribution in [3.05, 3.63) is 11.9 Å². The molecule has 3 fully saturated rings. The number of carbonyl (C=O) groups is 4. The van der Waals surface area contributed by atoms with Crippen LogP contribution in [0, 0.1) is 22.7 Å². The average Bonchev–Trinajstić information content (AvgIpc) is 3.49. The molecular weight excluding hydrogens is 516 g/mol. The summed E-state index contributed by atoms with van der Waals surface area (Å²) in [5.41, 5.74) is -0.656. The fraction of sp³-hybridized carbons (Fsp3) is 0.714. The van der Waals surface area contributed by atoms with Gasteiger partial charge in [0.1, 0.15) is 24.1 Å². The summed E-state index contributed by atoms with van der Waals surface area (Å²) >= 11 is 0. The molecule has 4 amide bonds. The molecule has 1 aliphatic carbocycles. The number of nitrogens with zero attached hydrogens (tertiary/aromatic N) is 3. The van der Waals surface area contributed by atoms with Crippen molar-refractivity contribution in [3.63, 3.8) is 0 Å². The van der Waals surface area contributed by atoms with Crippen molar-refractivity contribution in [2.75, 3.05) is 13.1 Å². The van der Waals surface area contributed by atoms with Gasteiger partial charge in [-0.3, -0.25) is 14.9 Å². The summed E-state index contributed by atoms with van der Waals surface area (Å²) in [6.45, 7) is 9.42. The van der Waals surface area contributed by atoms with Gasteiger partial charge in [0.15, 0.2) is 5.78 Å². The molecule has 40 heavy (non-hydrogen) atoms. The monoisotopic (exact) mass is 558 g/mol. The van der Waals surface area contributed by atoms with Gasteiger partial charge >= 0.3 is 18.1 Å². The van der Waals surface area contributed by atoms with Gasteiger partial charge in [-0.05, 0) is 50.0 Å². The van der Waals surface area contributed by atoms with Crippen molar-refractivity contribution in [2.45, 2.75) is 97.4 Å². The van der Waals surface area contributed by atoms with Crippen molar-refractivity contribution < 1.29 is 28.7 Å². The van der Waals surface area contributed by atoms with E-state index in [9.17, 15) is 19.2 Å². The first-order chi connectivity index (χ1) is 18.9. The van der Waals surface area contributed by atoms with Crippen LogP contribution in [0.15, 0.2) is 16.9 Å². The van der Waals surface area contributed by atoms with E-state index in [1.54, 1.807) is 0 Å². The minimum atomic E-state index is -0.925. The molecule has 0 aromatic heterocycles. The lowest BCUT2D eigenvalue weighted by atomic mass is 9.85. The number of nitrogens with one attached hydrogen (secondary N) is 3. The van der Waals surface area contributed by atoms with Crippen LogP contribution in [0.2, 0.25) is 0 Å². The summed E-state index contributed by atoms with van der Waals surface area (Å²) in [4.78, 5) is 60.3. The Kier molecular flexibility index (Phi) is 8.84. The maximum atomic E-state index is 14.0. The molecular formula is C28H42N6O6. The first-order valence-electron chi connectivity index (χ1n) is 14.3. The van der Waals surface area contributed by atoms with Crippen LogP contribution in [-0.4, -0.2) is 83.2 Å². The fourth-order valence-corrected chi connectivity index (χ4v) is 5.90. The van der Waals surface area contributed by atoms with E-state index in [4.69, 9.17) is 14.9 Å². The Balaban J connectivity index is 1.70. The van der Waals surface area contributed by atoms with Gasteiger partial charge in [0.2, 0.25) is 5.91 Å². The number of ketones is 1. The number of ether oxygens (including phenoxy) is 2. The van der Waals surface area contributed by atoms with Crippen LogP contribution in [0.4, 0.5) is 9.59 Å². The second-order valence-electron chi connectivity index (χ2n) is 12.2. The number of carbonyl (C=O) groups excluding carboxylic acids is 4. The molecule has 0 aromatic carbocycles. The van der Waals surface area contributed by atoms with Crippen LogP contribution in [0.25, 0.3) is 0 Å². The summed E-state index contributed by atoms with van der Waals surface area (Å²) in [6, 6.07) is -2.00. The standard InChI is InChI=1S/C28H42N6O6/c1-6-18-20-15-34(22(18)16(2)35)24(36)23(28(3,4)5)32-27(38)40-19-14-17(19)10-8-7-9-13-33-25(37)30-21(11-12-29)31-26(33)39-20/h11-12,17-20,22-23,29H,6-10,13-15H2,1-5H3,(H,30,37)(H,32,38)/b21-11+,29-12?/t17-,18-,19-,20+,22-,23-/m1/s1. The van der Waals surface area contributed by atoms with E-state index in [0.29, 0.717) is 19.4 Å². The van der Waals surface area contributed by atoms with Crippen LogP contribution < -0.4 is 10.6 Å². The van der Waals surface area contributed by atoms with E-state index in [1.807, 2.05) is 27.7 Å². The number of Topliss-reactive ketones (excluding diaryl/α,β-unsaturated/α-hetero) is 1. The number of hydrogen-bond acceptors (Lipinski definition) is 8. The minimum absolute atomic E-state index is 0.0910. The normalized spacial score (nSPS) is 32.8. The number of allylic oxidation sites excluding steroid dienone is 1. The number of aliphatic imine (C=N–C) groups is 1. The fourth-order valence-electron chi connectivity index (χ4n) is 5.90. The SMILES string of the molecule is CC[C@@H]1[C@@H]2CN(C(=O)[C@H](C(C)(C)C)NC(=O)O[C@@H]3C[C@H]3CCCCCN3C(=O)N/C(=C\C=N)N=C3O2)[C@@H]1C(C)=O. The molecule has 12 heteroatoms. The molecule has 0 radical (unpaired) electrons. The van der Waals surface area contributed by atoms with Gasteiger partial charge in [0, 0.05) is 18.7 Å². The van der Waals surface area contributed by atoms with E-state index in [-0.39, 0.29) is 48.0 Å². The Morgan fingerprint density at radius 3 is 2.55 bits per heavy atom. The zero-order chi connectivity index (χ0) is 29.2. The lowest BCUT2D eigenvalue weighted by molar-refractivity contribution is -0.141. The maximum Gasteiger partial charge on any atom is 0.408 e. The molecule has 0 unspecified atom stereocenters. The Morgan fingerprint density at radius 1 is 1.15 bits per heavy atom. The van der Waals surface area contributed by atoms with E-state index in [0.717, 1.165) is 31.9 Å². The Hall–Kier alpha value is -3.44. The topological polar surface area (TPSA) is 153 Å². The van der Waals surface area contributed by atoms with Crippen molar-refractivity contribution >= 4 is 36.1 Å². The van der Waals surface area contributed by atoms with Gasteiger partial charge in [0.25, 0.3) is 0 Å². The highest BCUT2D eigenvalue weighted by molar-refractivity contribution is 5.98. The zero-order valence-corrected chi connectivity index (χ0v) is 24.1. The van der Waals surface area contributed by atoms with Gasteiger partial charge in [0.05, 0.1) is 12.6 Å². The Labute approximate surface area is 235 Å². The summed E-state index contributed by atoms with van der Waals surface area (Å²) in [6.07, 6.45) is 5.74. The van der Waals surface area contributed by atoms with Crippen molar-refractivity contribution in [1.29, 1.82) is 5.41 Å². The molecule has 3 heterocycles. The maximum absolute atomic E-state index is 14.0. The molecule has 3 N–H and O–H groups in total. The van der Waals surface area contributed by atoms with Gasteiger partial charge < -0.3 is 25.1 Å². The number of hydrogen-bond donors (Lipinski definition) is 3. The van der Waals surface area contributed by atoms with Crippen molar-refractivity contribution in [1.82, 2.24) is 20.4 Å². The van der Waals surface area contributed by atoms with Gasteiger partial charge in [-0.1, -0.05) is 40.5 Å². The number of alkyl carbamates (subject to hydrolysis) is 1. The second kappa shape index (κ2) is 12.0. The second-order valence-corrected chi connectivity index (χ2v) is 12.2. The minimum Gasteiger partial charge on any atom is -0.459 e. The van der Waals surface area contributed by atoms with Crippen LogP contribution in [0.1, 0.15) is 73.1 Å². The quantitative estimate of drug-likeness (QED) is 0.452. The molecule has 6 atom stereocenters. The molecule has 3 aliphatic heterocycles. The average molecular weight is 559 g/mol. The van der Waals surface area contributed by atoms with E-state index in [1.165, 1.54) is 22.8 Å². The smallest absolute Gasteiger partial charge is 0.408 e. The lowest BCUT2D eigenvalue weighted by Crippen LogP contribution is -2.57. The summed E-state index contributed by atoms with van der Waals surface area (Å²) in [7, 11) is 0. The summed E-state index contributed by atoms with van der Waals surface area (Å²) in [5, 5.41) is 12.9. The van der Waals surface area contributed by atoms with Crippen molar-refractivity contribution in [3.8, 4) is 0 Å². The van der Waals surface area contributed by atoms with E-state index >= 15 is 0 Å². The summed E-state index contributed by atoms with van der Waals surface area (Å²) in [5.74, 6) is -0.448. The van der Waals surface area contributed by atoms with E-state index in [2.05, 4.69) is 15.6 Å². The first kappa shape index (κ1) is 29.5. The third-order valence-electron chi connectivity index (χ3n) is 8.14. The highest BCUT2D eigenvalue weighted by Crippen LogP contribution is 2.39. The van der Waals surface area contributed by atoms with Gasteiger partial charge in [-0.2, -0.15) is 4.99 Å². The van der Waals surface area contributed by atoms with Gasteiger partial charge in [-0.25, -0.2) is 14.5 Å². The number of amides is 4. The Bertz CT molecular complexity index is 1100. The molecule has 220 valence electrons. The molecule has 1 saturated carbocycles. The molecule has 4 aliphatic rings. The molecule has 0 aromatic rings. The largest absolute Gasteiger partial charge is 0.459 e. The third kappa shape index (κ3) is 6.47. The van der Waals surface area contributed by atoms with E-state index < -0.39 is 35.7 Å². The molecule has 2 bridgehead atoms. The van der Waals surface area contributed by atoms with Gasteiger partial charge in [-0.15, -0.1) is 0 Å². The predicted octanol–water partition coefficient (Wildman–Crippen LogP) is 3.17. The predicted molar refractivity (Wildman–Crippen MR) is 148 cm³/mol.